The zero-order valence-corrected chi connectivity index (χ0v) is 19.6. The van der Waals surface area contributed by atoms with Crippen LogP contribution in [-0.4, -0.2) is 28.5 Å². The van der Waals surface area contributed by atoms with E-state index in [1.165, 1.54) is 9.47 Å². The first-order valence-electron chi connectivity index (χ1n) is 10.6. The Bertz CT molecular complexity index is 1250. The third kappa shape index (κ3) is 5.84. The van der Waals surface area contributed by atoms with Crippen LogP contribution in [0, 0.1) is 12.8 Å². The molecule has 0 aliphatic rings. The van der Waals surface area contributed by atoms with Crippen LogP contribution in [0.2, 0.25) is 5.02 Å². The molecular weight excluding hydrogens is 442 g/mol. The smallest absolute Gasteiger partial charge is 0.330 e. The van der Waals surface area contributed by atoms with Crippen LogP contribution in [0.1, 0.15) is 25.0 Å². The molecule has 0 saturated heterocycles. The van der Waals surface area contributed by atoms with E-state index in [-0.39, 0.29) is 43.0 Å². The second-order valence-corrected chi connectivity index (χ2v) is 8.71. The van der Waals surface area contributed by atoms with Gasteiger partial charge in [-0.25, -0.2) is 4.79 Å². The van der Waals surface area contributed by atoms with E-state index in [0.29, 0.717) is 5.02 Å². The minimum atomic E-state index is -0.699. The summed E-state index contributed by atoms with van der Waals surface area (Å²) in [5.41, 5.74) is 7.43. The van der Waals surface area contributed by atoms with Crippen LogP contribution in [0.4, 0.5) is 17.2 Å². The number of rotatable bonds is 8. The molecular formula is C24H28ClN5O3. The maximum absolute atomic E-state index is 13.2. The van der Waals surface area contributed by atoms with E-state index in [9.17, 15) is 14.4 Å². The summed E-state index contributed by atoms with van der Waals surface area (Å²) in [5, 5.41) is 3.63. The second-order valence-electron chi connectivity index (χ2n) is 8.28. The average molecular weight is 470 g/mol. The summed E-state index contributed by atoms with van der Waals surface area (Å²) < 4.78 is 1.27. The molecule has 0 aliphatic carbocycles. The van der Waals surface area contributed by atoms with Crippen molar-refractivity contribution < 1.29 is 4.79 Å². The first kappa shape index (κ1) is 24.1. The number of nitrogens with two attached hydrogens (primary N) is 1. The first-order chi connectivity index (χ1) is 15.7. The number of H-pyrrole nitrogens is 1. The number of hydrogen-bond acceptors (Lipinski definition) is 5. The summed E-state index contributed by atoms with van der Waals surface area (Å²) in [6.45, 7) is 6.10. The molecule has 1 aromatic heterocycles. The summed E-state index contributed by atoms with van der Waals surface area (Å²) in [4.78, 5) is 42.2. The van der Waals surface area contributed by atoms with Gasteiger partial charge in [0.15, 0.2) is 5.69 Å². The third-order valence-electron chi connectivity index (χ3n) is 5.15. The number of aryl methyl sites for hydroxylation is 1. The van der Waals surface area contributed by atoms with Crippen LogP contribution >= 0.6 is 11.6 Å². The number of nitrogens with zero attached hydrogens (tertiary/aromatic N) is 2. The molecule has 0 unspecified atom stereocenters. The highest BCUT2D eigenvalue weighted by atomic mass is 35.5. The van der Waals surface area contributed by atoms with Gasteiger partial charge in [0.1, 0.15) is 5.82 Å². The van der Waals surface area contributed by atoms with Crippen molar-refractivity contribution in [3.63, 3.8) is 0 Å². The Morgan fingerprint density at radius 3 is 2.55 bits per heavy atom. The van der Waals surface area contributed by atoms with Gasteiger partial charge < -0.3 is 16.0 Å². The lowest BCUT2D eigenvalue weighted by Gasteiger charge is -2.26. The van der Waals surface area contributed by atoms with Crippen molar-refractivity contribution >= 4 is 34.7 Å². The average Bonchev–Trinajstić information content (AvgIpc) is 2.76. The molecule has 0 aliphatic heterocycles. The van der Waals surface area contributed by atoms with E-state index in [2.05, 4.69) is 10.3 Å². The van der Waals surface area contributed by atoms with Gasteiger partial charge in [-0.3, -0.25) is 19.1 Å². The molecule has 1 amide bonds. The maximum Gasteiger partial charge on any atom is 0.330 e. The fourth-order valence-corrected chi connectivity index (χ4v) is 3.67. The van der Waals surface area contributed by atoms with Gasteiger partial charge in [0, 0.05) is 17.3 Å². The summed E-state index contributed by atoms with van der Waals surface area (Å²) in [5.74, 6) is -0.360. The fraction of sp³-hybridized carbons (Fsp3) is 0.292. The van der Waals surface area contributed by atoms with Gasteiger partial charge in [-0.2, -0.15) is 0 Å². The molecule has 174 valence electrons. The molecule has 0 fully saturated rings. The van der Waals surface area contributed by atoms with E-state index in [1.54, 1.807) is 12.1 Å². The molecule has 0 radical (unpaired) electrons. The second kappa shape index (κ2) is 10.4. The minimum Gasteiger partial charge on any atom is -0.383 e. The van der Waals surface area contributed by atoms with Crippen molar-refractivity contribution in [1.82, 2.24) is 9.55 Å². The van der Waals surface area contributed by atoms with Crippen molar-refractivity contribution in [3.05, 3.63) is 85.5 Å². The molecule has 4 N–H and O–H groups in total. The lowest BCUT2D eigenvalue weighted by Crippen LogP contribution is -2.44. The van der Waals surface area contributed by atoms with E-state index in [0.717, 1.165) is 16.8 Å². The molecule has 0 saturated carbocycles. The molecule has 9 heteroatoms. The van der Waals surface area contributed by atoms with Gasteiger partial charge in [0.2, 0.25) is 5.91 Å². The Hall–Kier alpha value is -3.52. The number of benzene rings is 2. The number of amides is 1. The van der Waals surface area contributed by atoms with Gasteiger partial charge in [-0.15, -0.1) is 0 Å². The third-order valence-corrected chi connectivity index (χ3v) is 5.38. The summed E-state index contributed by atoms with van der Waals surface area (Å²) >= 11 is 6.07. The van der Waals surface area contributed by atoms with E-state index < -0.39 is 11.2 Å². The number of halogens is 1. The van der Waals surface area contributed by atoms with E-state index in [1.807, 2.05) is 57.2 Å². The number of hydrogen-bond donors (Lipinski definition) is 3. The van der Waals surface area contributed by atoms with Crippen molar-refractivity contribution in [2.45, 2.75) is 27.3 Å². The number of anilines is 3. The highest BCUT2D eigenvalue weighted by molar-refractivity contribution is 6.30. The van der Waals surface area contributed by atoms with E-state index in [4.69, 9.17) is 17.3 Å². The number of carbonyl (C=O) groups excluding carboxylic acids is 1. The molecule has 0 spiro atoms. The molecule has 3 rings (SSSR count). The van der Waals surface area contributed by atoms with Gasteiger partial charge in [0.05, 0.1) is 13.1 Å². The van der Waals surface area contributed by atoms with E-state index >= 15 is 0 Å². The molecule has 1 heterocycles. The predicted molar refractivity (Wildman–Crippen MR) is 133 cm³/mol. The Morgan fingerprint density at radius 1 is 1.18 bits per heavy atom. The molecule has 33 heavy (non-hydrogen) atoms. The van der Waals surface area contributed by atoms with Crippen molar-refractivity contribution in [2.24, 2.45) is 5.92 Å². The van der Waals surface area contributed by atoms with Gasteiger partial charge >= 0.3 is 5.69 Å². The minimum absolute atomic E-state index is 0.0335. The van der Waals surface area contributed by atoms with Gasteiger partial charge in [-0.05, 0) is 36.1 Å². The number of nitrogens with one attached hydrogen (secondary N) is 2. The van der Waals surface area contributed by atoms with Crippen LogP contribution in [-0.2, 0) is 11.3 Å². The number of aromatic amines is 1. The van der Waals surface area contributed by atoms with Gasteiger partial charge in [0.25, 0.3) is 5.56 Å². The highest BCUT2D eigenvalue weighted by Crippen LogP contribution is 2.22. The molecule has 0 atom stereocenters. The lowest BCUT2D eigenvalue weighted by molar-refractivity contribution is -0.117. The Kier molecular flexibility index (Phi) is 7.60. The number of nitrogen functional groups attached to an aromatic ring is 1. The molecule has 2 aromatic carbocycles. The Morgan fingerprint density at radius 2 is 1.88 bits per heavy atom. The quantitative estimate of drug-likeness (QED) is 0.468. The molecule has 8 nitrogen and oxygen atoms in total. The lowest BCUT2D eigenvalue weighted by atomic mass is 10.2. The standard InChI is InChI=1S/C24H28ClN5O3/c1-15(2)13-29(20(31)12-27-19-11-18(25)10-9-16(19)3)21-22(26)30(24(33)28-23(21)32)14-17-7-5-4-6-8-17/h4-11,15,27H,12-14,26H2,1-3H3,(H,28,32,33). The van der Waals surface area contributed by atoms with Crippen molar-refractivity contribution in [1.29, 1.82) is 0 Å². The summed E-state index contributed by atoms with van der Waals surface area (Å²) in [6, 6.07) is 14.6. The summed E-state index contributed by atoms with van der Waals surface area (Å²) in [6.07, 6.45) is 0. The van der Waals surface area contributed by atoms with Crippen LogP contribution < -0.4 is 27.2 Å². The predicted octanol–water partition coefficient (Wildman–Crippen LogP) is 3.23. The van der Waals surface area contributed by atoms with Crippen molar-refractivity contribution in [2.75, 3.05) is 29.0 Å². The summed E-state index contributed by atoms with van der Waals surface area (Å²) in [7, 11) is 0. The van der Waals surface area contributed by atoms with Crippen molar-refractivity contribution in [3.8, 4) is 0 Å². The zero-order chi connectivity index (χ0) is 24.1. The van der Waals surface area contributed by atoms with Crippen LogP contribution in [0.25, 0.3) is 0 Å². The number of aromatic nitrogens is 2. The van der Waals surface area contributed by atoms with Gasteiger partial charge in [-0.1, -0.05) is 61.8 Å². The maximum atomic E-state index is 13.2. The largest absolute Gasteiger partial charge is 0.383 e. The number of carbonyl (C=O) groups is 1. The Labute approximate surface area is 197 Å². The molecule has 0 bridgehead atoms. The monoisotopic (exact) mass is 469 g/mol. The van der Waals surface area contributed by atoms with Crippen LogP contribution in [0.5, 0.6) is 0 Å². The fourth-order valence-electron chi connectivity index (χ4n) is 3.50. The highest BCUT2D eigenvalue weighted by Gasteiger charge is 2.25. The van der Waals surface area contributed by atoms with Crippen LogP contribution in [0.3, 0.4) is 0 Å². The molecule has 3 aromatic rings. The Balaban J connectivity index is 1.96. The zero-order valence-electron chi connectivity index (χ0n) is 18.9. The first-order valence-corrected chi connectivity index (χ1v) is 11.0. The SMILES string of the molecule is Cc1ccc(Cl)cc1NCC(=O)N(CC(C)C)c1c(N)n(Cc2ccccc2)c(=O)[nH]c1=O. The topological polar surface area (TPSA) is 113 Å². The van der Waals surface area contributed by atoms with Crippen LogP contribution in [0.15, 0.2) is 58.1 Å². The normalized spacial score (nSPS) is 10.9.